The van der Waals surface area contributed by atoms with Gasteiger partial charge in [-0.15, -0.1) is 0 Å². The zero-order valence-electron chi connectivity index (χ0n) is 17.3. The molecule has 3 aromatic carbocycles. The first-order valence-electron chi connectivity index (χ1n) is 10.2. The second-order valence-electron chi connectivity index (χ2n) is 7.58. The Morgan fingerprint density at radius 2 is 1.69 bits per heavy atom. The third-order valence-corrected chi connectivity index (χ3v) is 6.70. The highest BCUT2D eigenvalue weighted by Gasteiger charge is 2.36. The number of halogens is 1. The number of thioether (sulfide) groups is 1. The first-order valence-corrected chi connectivity index (χ1v) is 11.4. The molecule has 0 unspecified atom stereocenters. The molecular formula is C26H19ClN2O2S. The summed E-state index contributed by atoms with van der Waals surface area (Å²) in [4.78, 5) is 27.4. The Kier molecular flexibility index (Phi) is 5.37. The van der Waals surface area contributed by atoms with Gasteiger partial charge in [0.25, 0.3) is 11.1 Å². The molecule has 1 saturated heterocycles. The number of carbonyl (C=O) groups is 2. The fourth-order valence-electron chi connectivity index (χ4n) is 4.05. The molecule has 2 heterocycles. The summed E-state index contributed by atoms with van der Waals surface area (Å²) in [5.74, 6) is -0.332. The van der Waals surface area contributed by atoms with E-state index in [2.05, 4.69) is 35.8 Å². The normalized spacial score (nSPS) is 15.3. The van der Waals surface area contributed by atoms with E-state index in [-0.39, 0.29) is 11.1 Å². The average Bonchev–Trinajstić information content (AvgIpc) is 3.22. The summed E-state index contributed by atoms with van der Waals surface area (Å²) in [5, 5.41) is 1.20. The van der Waals surface area contributed by atoms with Crippen LogP contribution in [0.1, 0.15) is 16.8 Å². The van der Waals surface area contributed by atoms with Crippen molar-refractivity contribution in [3.63, 3.8) is 0 Å². The van der Waals surface area contributed by atoms with E-state index in [9.17, 15) is 9.59 Å². The summed E-state index contributed by atoms with van der Waals surface area (Å²) in [7, 11) is 0. The molecular weight excluding hydrogens is 440 g/mol. The average molecular weight is 459 g/mol. The van der Waals surface area contributed by atoms with Crippen LogP contribution in [0.5, 0.6) is 0 Å². The number of hydrogen-bond donors (Lipinski definition) is 0. The van der Waals surface area contributed by atoms with Crippen molar-refractivity contribution in [2.75, 3.05) is 4.90 Å². The largest absolute Gasteiger partial charge is 0.340 e. The summed E-state index contributed by atoms with van der Waals surface area (Å²) < 4.78 is 2.25. The number of rotatable bonds is 4. The van der Waals surface area contributed by atoms with Crippen LogP contribution in [0.15, 0.2) is 83.8 Å². The molecule has 4 nitrogen and oxygen atoms in total. The maximum Gasteiger partial charge on any atom is 0.298 e. The highest BCUT2D eigenvalue weighted by molar-refractivity contribution is 8.19. The lowest BCUT2D eigenvalue weighted by Gasteiger charge is -2.12. The van der Waals surface area contributed by atoms with Crippen LogP contribution in [0.3, 0.4) is 0 Å². The molecule has 32 heavy (non-hydrogen) atoms. The minimum atomic E-state index is -0.332. The van der Waals surface area contributed by atoms with Gasteiger partial charge in [-0.1, -0.05) is 66.2 Å². The number of imide groups is 1. The molecule has 4 aromatic rings. The number of anilines is 1. The third-order valence-electron chi connectivity index (χ3n) is 5.60. The number of nitrogens with zero attached hydrogens (tertiary/aromatic N) is 2. The van der Waals surface area contributed by atoms with Gasteiger partial charge in [-0.05, 0) is 54.6 Å². The van der Waals surface area contributed by atoms with Crippen molar-refractivity contribution in [2.24, 2.45) is 0 Å². The molecule has 1 aliphatic heterocycles. The van der Waals surface area contributed by atoms with Crippen LogP contribution in [0, 0.1) is 6.92 Å². The number of hydrogen-bond acceptors (Lipinski definition) is 3. The minimum absolute atomic E-state index is 0.325. The number of benzene rings is 3. The molecule has 1 fully saturated rings. The van der Waals surface area contributed by atoms with Gasteiger partial charge in [0, 0.05) is 33.7 Å². The SMILES string of the molecule is Cc1c(/C=C2/SC(=O)N(c3cccc(Cl)c3)C2=O)c2ccccc2n1Cc1ccccc1. The van der Waals surface area contributed by atoms with E-state index in [1.165, 1.54) is 10.5 Å². The first-order chi connectivity index (χ1) is 15.5. The van der Waals surface area contributed by atoms with Gasteiger partial charge >= 0.3 is 0 Å². The topological polar surface area (TPSA) is 42.3 Å². The molecule has 5 rings (SSSR count). The Balaban J connectivity index is 1.58. The summed E-state index contributed by atoms with van der Waals surface area (Å²) in [5.41, 5.74) is 4.77. The molecule has 158 valence electrons. The fraction of sp³-hybridized carbons (Fsp3) is 0.0769. The lowest BCUT2D eigenvalue weighted by molar-refractivity contribution is -0.113. The van der Waals surface area contributed by atoms with Crippen LogP contribution >= 0.6 is 23.4 Å². The molecule has 6 heteroatoms. The summed E-state index contributed by atoms with van der Waals surface area (Å²) in [6, 6.07) is 25.2. The molecule has 1 aromatic heterocycles. The van der Waals surface area contributed by atoms with Crippen molar-refractivity contribution in [2.45, 2.75) is 13.5 Å². The van der Waals surface area contributed by atoms with Crippen LogP contribution < -0.4 is 4.90 Å². The Morgan fingerprint density at radius 3 is 2.47 bits per heavy atom. The molecule has 0 bridgehead atoms. The molecule has 0 aliphatic carbocycles. The predicted octanol–water partition coefficient (Wildman–Crippen LogP) is 6.89. The van der Waals surface area contributed by atoms with E-state index >= 15 is 0 Å². The lowest BCUT2D eigenvalue weighted by Crippen LogP contribution is -2.27. The van der Waals surface area contributed by atoms with E-state index in [0.717, 1.165) is 40.5 Å². The van der Waals surface area contributed by atoms with Gasteiger partial charge in [-0.3, -0.25) is 9.59 Å². The summed E-state index contributed by atoms with van der Waals surface area (Å²) >= 11 is 7.02. The van der Waals surface area contributed by atoms with Gasteiger partial charge < -0.3 is 4.57 Å². The number of carbonyl (C=O) groups excluding carboxylic acids is 2. The van der Waals surface area contributed by atoms with Crippen molar-refractivity contribution >= 4 is 57.2 Å². The zero-order valence-corrected chi connectivity index (χ0v) is 18.9. The van der Waals surface area contributed by atoms with Gasteiger partial charge in [0.05, 0.1) is 10.6 Å². The second-order valence-corrected chi connectivity index (χ2v) is 9.01. The van der Waals surface area contributed by atoms with Crippen molar-refractivity contribution in [3.8, 4) is 0 Å². The van der Waals surface area contributed by atoms with Crippen molar-refractivity contribution in [1.82, 2.24) is 4.57 Å². The van der Waals surface area contributed by atoms with Crippen molar-refractivity contribution < 1.29 is 9.59 Å². The van der Waals surface area contributed by atoms with Crippen LogP contribution in [0.4, 0.5) is 10.5 Å². The lowest BCUT2D eigenvalue weighted by atomic mass is 10.1. The Morgan fingerprint density at radius 1 is 0.938 bits per heavy atom. The molecule has 0 saturated carbocycles. The van der Waals surface area contributed by atoms with Crippen molar-refractivity contribution in [3.05, 3.63) is 106 Å². The summed E-state index contributed by atoms with van der Waals surface area (Å²) in [6.07, 6.45) is 1.84. The van der Waals surface area contributed by atoms with Gasteiger partial charge in [-0.2, -0.15) is 0 Å². The molecule has 0 atom stereocenters. The first kappa shape index (κ1) is 20.6. The third kappa shape index (κ3) is 3.64. The van der Waals surface area contributed by atoms with E-state index < -0.39 is 0 Å². The summed E-state index contributed by atoms with van der Waals surface area (Å²) in [6.45, 7) is 2.78. The predicted molar refractivity (Wildman–Crippen MR) is 132 cm³/mol. The molecule has 0 radical (unpaired) electrons. The smallest absolute Gasteiger partial charge is 0.298 e. The van der Waals surface area contributed by atoms with Gasteiger partial charge in [0.1, 0.15) is 0 Å². The standard InChI is InChI=1S/C26H19ClN2O2S/c1-17-22(15-24-25(30)29(26(31)32-24)20-11-7-10-19(27)14-20)21-12-5-6-13-23(21)28(17)16-18-8-3-2-4-9-18/h2-15H,16H2,1H3/b24-15+. The Labute approximate surface area is 195 Å². The molecule has 1 aliphatic rings. The maximum atomic E-state index is 13.1. The Hall–Kier alpha value is -3.28. The highest BCUT2D eigenvalue weighted by atomic mass is 35.5. The quantitative estimate of drug-likeness (QED) is 0.312. The number of para-hydroxylation sites is 1. The Bertz CT molecular complexity index is 1390. The number of amides is 2. The molecule has 2 amide bonds. The number of aromatic nitrogens is 1. The zero-order chi connectivity index (χ0) is 22.2. The van der Waals surface area contributed by atoms with Crippen LogP contribution in [-0.4, -0.2) is 15.7 Å². The number of fused-ring (bicyclic) bond motifs is 1. The second kappa shape index (κ2) is 8.34. The van der Waals surface area contributed by atoms with Crippen molar-refractivity contribution in [1.29, 1.82) is 0 Å². The van der Waals surface area contributed by atoms with Gasteiger partial charge in [0.2, 0.25) is 0 Å². The monoisotopic (exact) mass is 458 g/mol. The minimum Gasteiger partial charge on any atom is -0.340 e. The van der Waals surface area contributed by atoms with Gasteiger partial charge in [0.15, 0.2) is 0 Å². The van der Waals surface area contributed by atoms with Crippen LogP contribution in [0.2, 0.25) is 5.02 Å². The molecule has 0 N–H and O–H groups in total. The van der Waals surface area contributed by atoms with E-state index in [1.807, 2.05) is 36.4 Å². The fourth-order valence-corrected chi connectivity index (χ4v) is 5.05. The van der Waals surface area contributed by atoms with Gasteiger partial charge in [-0.25, -0.2) is 4.90 Å². The van der Waals surface area contributed by atoms with Crippen LogP contribution in [0.25, 0.3) is 17.0 Å². The molecule has 0 spiro atoms. The van der Waals surface area contributed by atoms with E-state index in [1.54, 1.807) is 24.3 Å². The highest BCUT2D eigenvalue weighted by Crippen LogP contribution is 2.38. The van der Waals surface area contributed by atoms with E-state index in [4.69, 9.17) is 11.6 Å². The van der Waals surface area contributed by atoms with Crippen LogP contribution in [-0.2, 0) is 11.3 Å². The maximum absolute atomic E-state index is 13.1. The van der Waals surface area contributed by atoms with E-state index in [0.29, 0.717) is 15.6 Å².